The van der Waals surface area contributed by atoms with Gasteiger partial charge in [0.1, 0.15) is 0 Å². The van der Waals surface area contributed by atoms with E-state index in [1.54, 1.807) is 6.92 Å². The van der Waals surface area contributed by atoms with E-state index in [0.29, 0.717) is 6.42 Å². The third kappa shape index (κ3) is 9.33. The molecule has 3 aromatic rings. The van der Waals surface area contributed by atoms with Crippen molar-refractivity contribution >= 4 is 0 Å². The van der Waals surface area contributed by atoms with E-state index in [0.717, 1.165) is 21.3 Å². The summed E-state index contributed by atoms with van der Waals surface area (Å²) in [6.07, 6.45) is 0.422. The Morgan fingerprint density at radius 2 is 0.569 bits per heavy atom. The van der Waals surface area contributed by atoms with Crippen molar-refractivity contribution in [2.75, 3.05) is 27.9 Å². The van der Waals surface area contributed by atoms with Crippen molar-refractivity contribution in [1.82, 2.24) is 0 Å². The van der Waals surface area contributed by atoms with Gasteiger partial charge in [-0.1, -0.05) is 0 Å². The molecule has 0 fully saturated rings. The summed E-state index contributed by atoms with van der Waals surface area (Å²) in [6, 6.07) is 0. The fourth-order valence-electron chi connectivity index (χ4n) is 4.43. The Morgan fingerprint density at radius 3 is 0.765 bits per heavy atom. The van der Waals surface area contributed by atoms with Crippen LogP contribution in [0.15, 0.2) is 0 Å². The van der Waals surface area contributed by atoms with Gasteiger partial charge in [-0.25, -0.2) is 0 Å². The minimum absolute atomic E-state index is 0.0851. The minimum atomic E-state index is -6.55. The molecule has 0 radical (unpaired) electrons. The van der Waals surface area contributed by atoms with Crippen molar-refractivity contribution in [2.24, 2.45) is 0 Å². The molecule has 51 heavy (non-hydrogen) atoms. The van der Waals surface area contributed by atoms with E-state index in [-0.39, 0.29) is 6.42 Å². The van der Waals surface area contributed by atoms with Crippen molar-refractivity contribution in [3.05, 3.63) is 103 Å². The van der Waals surface area contributed by atoms with Gasteiger partial charge in [-0.3, -0.25) is 0 Å². The first-order valence-electron chi connectivity index (χ1n) is 14.7. The fraction of sp³-hybridized carbons (Fsp3) is 0.419. The molecule has 20 heteroatoms. The van der Waals surface area contributed by atoms with Gasteiger partial charge in [0.2, 0.25) is 0 Å². The molecular weight excluding hydrogens is 804 g/mol. The quantitative estimate of drug-likeness (QED) is 0.0684. The van der Waals surface area contributed by atoms with Gasteiger partial charge in [0.05, 0.1) is 0 Å². The van der Waals surface area contributed by atoms with E-state index in [2.05, 4.69) is 14.2 Å². The first-order valence-corrected chi connectivity index (χ1v) is 18.7. The van der Waals surface area contributed by atoms with Crippen LogP contribution < -0.4 is 0 Å². The zero-order chi connectivity index (χ0) is 38.2. The van der Waals surface area contributed by atoms with Crippen molar-refractivity contribution in [3.63, 3.8) is 0 Å². The molecule has 0 unspecified atom stereocenters. The Bertz CT molecular complexity index is 1440. The topological polar surface area (TPSA) is 64.6 Å². The van der Waals surface area contributed by atoms with Gasteiger partial charge in [0.15, 0.2) is 0 Å². The van der Waals surface area contributed by atoms with E-state index < -0.39 is 171 Å². The standard InChI is InChI=1S/3C9H7F4O2.C4H9O.Zr/c3*1-15-3-5-8(12)6(10)4(2-14)7(11)9(5)13;1-2-3-4-5;/h3*2-3H2,1H3;2-4H2,1H3;/q4*-1;+4. The van der Waals surface area contributed by atoms with Gasteiger partial charge < -0.3 is 0 Å². The van der Waals surface area contributed by atoms with Crippen LogP contribution in [-0.4, -0.2) is 27.9 Å². The number of hydrogen-bond donors (Lipinski definition) is 0. The molecule has 0 amide bonds. The Kier molecular flexibility index (Phi) is 15.9. The van der Waals surface area contributed by atoms with Gasteiger partial charge in [0.25, 0.3) is 0 Å². The van der Waals surface area contributed by atoms with Crippen molar-refractivity contribution in [3.8, 4) is 0 Å². The van der Waals surface area contributed by atoms with Gasteiger partial charge in [0, 0.05) is 0 Å². The van der Waals surface area contributed by atoms with E-state index in [1.807, 2.05) is 0 Å². The van der Waals surface area contributed by atoms with Crippen LogP contribution in [0.2, 0.25) is 0 Å². The van der Waals surface area contributed by atoms with Crippen LogP contribution in [0.4, 0.5) is 52.7 Å². The first kappa shape index (κ1) is 42.8. The van der Waals surface area contributed by atoms with Crippen LogP contribution in [0.5, 0.6) is 0 Å². The van der Waals surface area contributed by atoms with Crippen molar-refractivity contribution < 1.29 is 100 Å². The maximum absolute atomic E-state index is 15.0. The Hall–Kier alpha value is -2.58. The molecule has 3 aromatic carbocycles. The number of benzene rings is 3. The molecule has 0 atom stereocenters. The summed E-state index contributed by atoms with van der Waals surface area (Å²) in [6.45, 7) is -6.27. The maximum atomic E-state index is 15.0. The SMILES string of the molecule is CCCC[O][Zr]([O]Cc1c(F)c(F)c(COC)c(F)c1F)([O]Cc1c(F)c(F)c(COC)c(F)c1F)[O]Cc1c(F)c(F)c(COC)c(F)c1F. The number of halogens is 12. The van der Waals surface area contributed by atoms with Gasteiger partial charge >= 0.3 is 291 Å². The van der Waals surface area contributed by atoms with E-state index in [9.17, 15) is 52.7 Å². The average Bonchev–Trinajstić information content (AvgIpc) is 3.11. The normalized spacial score (nSPS) is 12.0. The number of ether oxygens (including phenoxy) is 3. The molecule has 0 saturated heterocycles. The van der Waals surface area contributed by atoms with Crippen LogP contribution in [0.25, 0.3) is 0 Å². The molecule has 0 N–H and O–H groups in total. The Labute approximate surface area is 290 Å². The molecule has 0 aromatic heterocycles. The number of rotatable bonds is 19. The van der Waals surface area contributed by atoms with E-state index in [1.165, 1.54) is 0 Å². The summed E-state index contributed by atoms with van der Waals surface area (Å²) in [4.78, 5) is 0. The Morgan fingerprint density at radius 1 is 0.353 bits per heavy atom. The molecule has 7 nitrogen and oxygen atoms in total. The predicted molar refractivity (Wildman–Crippen MR) is 146 cm³/mol. The molecular formula is C31H30F12O7Zr. The van der Waals surface area contributed by atoms with Crippen LogP contribution >= 0.6 is 0 Å². The van der Waals surface area contributed by atoms with Crippen LogP contribution in [-0.2, 0) is 87.1 Å². The molecule has 0 aliphatic carbocycles. The fourth-order valence-corrected chi connectivity index (χ4v) is 9.00. The number of unbranched alkanes of at least 4 members (excludes halogenated alkanes) is 1. The molecule has 284 valence electrons. The monoisotopic (exact) mass is 832 g/mol. The summed E-state index contributed by atoms with van der Waals surface area (Å²) >= 11 is -6.55. The van der Waals surface area contributed by atoms with Gasteiger partial charge in [-0.05, 0) is 0 Å². The zero-order valence-corrected chi connectivity index (χ0v) is 29.7. The average molecular weight is 834 g/mol. The molecule has 0 heterocycles. The molecule has 0 aliphatic heterocycles. The molecule has 0 saturated carbocycles. The van der Waals surface area contributed by atoms with Crippen LogP contribution in [0.1, 0.15) is 53.1 Å². The van der Waals surface area contributed by atoms with Crippen LogP contribution in [0, 0.1) is 69.8 Å². The molecule has 0 aliphatic rings. The summed E-state index contributed by atoms with van der Waals surface area (Å²) < 4.78 is 213. The van der Waals surface area contributed by atoms with Gasteiger partial charge in [-0.15, -0.1) is 0 Å². The van der Waals surface area contributed by atoms with Crippen LogP contribution in [0.3, 0.4) is 0 Å². The van der Waals surface area contributed by atoms with Crippen molar-refractivity contribution in [1.29, 1.82) is 0 Å². The number of hydrogen-bond acceptors (Lipinski definition) is 7. The molecule has 0 bridgehead atoms. The van der Waals surface area contributed by atoms with E-state index in [4.69, 9.17) is 11.3 Å². The van der Waals surface area contributed by atoms with Crippen molar-refractivity contribution in [2.45, 2.75) is 59.4 Å². The summed E-state index contributed by atoms with van der Waals surface area (Å²) in [5, 5.41) is 0. The summed E-state index contributed by atoms with van der Waals surface area (Å²) in [5.74, 6) is -23.6. The number of methoxy groups -OCH3 is 3. The second kappa shape index (κ2) is 19.0. The second-order valence-electron chi connectivity index (χ2n) is 10.5. The van der Waals surface area contributed by atoms with E-state index >= 15 is 0 Å². The molecule has 3 rings (SSSR count). The zero-order valence-electron chi connectivity index (χ0n) is 27.3. The molecule has 0 spiro atoms. The predicted octanol–water partition coefficient (Wildman–Crippen LogP) is 8.38. The summed E-state index contributed by atoms with van der Waals surface area (Å²) in [5.41, 5.74) is -7.86. The summed E-state index contributed by atoms with van der Waals surface area (Å²) in [7, 11) is 2.92. The third-order valence-corrected chi connectivity index (χ3v) is 12.2. The second-order valence-corrected chi connectivity index (χ2v) is 15.8. The first-order chi connectivity index (χ1) is 24.1. The third-order valence-electron chi connectivity index (χ3n) is 7.16. The van der Waals surface area contributed by atoms with Gasteiger partial charge in [-0.2, -0.15) is 0 Å². The Balaban J connectivity index is 2.17.